The van der Waals surface area contributed by atoms with Gasteiger partial charge in [0.15, 0.2) is 6.61 Å². The summed E-state index contributed by atoms with van der Waals surface area (Å²) in [6, 6.07) is 8.84. The van der Waals surface area contributed by atoms with Gasteiger partial charge in [-0.15, -0.1) is 0 Å². The molecule has 24 heavy (non-hydrogen) atoms. The molecule has 0 saturated carbocycles. The number of aryl methyl sites for hydroxylation is 3. The smallest absolute Gasteiger partial charge is 0.311 e. The first-order valence-corrected chi connectivity index (χ1v) is 7.54. The number of nitro groups is 1. The first kappa shape index (κ1) is 17.5. The van der Waals surface area contributed by atoms with Gasteiger partial charge >= 0.3 is 5.69 Å². The van der Waals surface area contributed by atoms with E-state index in [0.717, 1.165) is 16.7 Å². The molecule has 0 aliphatic rings. The highest BCUT2D eigenvalue weighted by Crippen LogP contribution is 2.32. The molecule has 2 aromatic carbocycles. The highest BCUT2D eigenvalue weighted by atomic mass is 16.6. The number of nitro benzene ring substituents is 1. The number of ether oxygens (including phenoxy) is 1. The topological polar surface area (TPSA) is 81.5 Å². The summed E-state index contributed by atoms with van der Waals surface area (Å²) in [5, 5.41) is 13.9. The number of anilines is 1. The molecule has 126 valence electrons. The van der Waals surface area contributed by atoms with Crippen LogP contribution in [0.2, 0.25) is 0 Å². The zero-order chi connectivity index (χ0) is 17.9. The number of nitrogens with zero attached hydrogens (tertiary/aromatic N) is 1. The first-order valence-electron chi connectivity index (χ1n) is 7.54. The Balaban J connectivity index is 2.12. The van der Waals surface area contributed by atoms with Crippen LogP contribution in [0, 0.1) is 37.8 Å². The lowest BCUT2D eigenvalue weighted by Gasteiger charge is -2.12. The van der Waals surface area contributed by atoms with Crippen LogP contribution in [0.1, 0.15) is 22.3 Å². The van der Waals surface area contributed by atoms with E-state index >= 15 is 0 Å². The van der Waals surface area contributed by atoms with Crippen molar-refractivity contribution in [1.29, 1.82) is 0 Å². The zero-order valence-electron chi connectivity index (χ0n) is 14.2. The molecular weight excluding hydrogens is 308 g/mol. The van der Waals surface area contributed by atoms with Crippen molar-refractivity contribution >= 4 is 17.3 Å². The lowest BCUT2D eigenvalue weighted by atomic mass is 10.1. The molecular formula is C18H20N2O4. The van der Waals surface area contributed by atoms with Gasteiger partial charge in [-0.1, -0.05) is 18.2 Å². The van der Waals surface area contributed by atoms with E-state index in [4.69, 9.17) is 4.74 Å². The van der Waals surface area contributed by atoms with E-state index in [2.05, 4.69) is 5.32 Å². The summed E-state index contributed by atoms with van der Waals surface area (Å²) in [6.45, 7) is 7.08. The monoisotopic (exact) mass is 328 g/mol. The number of nitrogens with one attached hydrogen (secondary N) is 1. The molecule has 0 unspecified atom stereocenters. The Bertz CT molecular complexity index is 800. The molecule has 0 bridgehead atoms. The third-order valence-corrected chi connectivity index (χ3v) is 3.82. The Morgan fingerprint density at radius 3 is 2.54 bits per heavy atom. The first-order chi connectivity index (χ1) is 11.3. The van der Waals surface area contributed by atoms with Crippen molar-refractivity contribution in [3.05, 3.63) is 62.7 Å². The van der Waals surface area contributed by atoms with Crippen LogP contribution in [-0.2, 0) is 4.79 Å². The van der Waals surface area contributed by atoms with Crippen LogP contribution in [0.4, 0.5) is 11.4 Å². The lowest BCUT2D eigenvalue weighted by Crippen LogP contribution is -2.21. The second kappa shape index (κ2) is 7.12. The highest BCUT2D eigenvalue weighted by molar-refractivity contribution is 5.92. The quantitative estimate of drug-likeness (QED) is 0.668. The van der Waals surface area contributed by atoms with Crippen molar-refractivity contribution in [3.63, 3.8) is 0 Å². The second-order valence-corrected chi connectivity index (χ2v) is 5.77. The summed E-state index contributed by atoms with van der Waals surface area (Å²) in [6.07, 6.45) is 0. The normalized spacial score (nSPS) is 10.3. The van der Waals surface area contributed by atoms with Crippen LogP contribution in [0.3, 0.4) is 0 Å². The fourth-order valence-electron chi connectivity index (χ4n) is 2.47. The molecule has 0 saturated heterocycles. The molecule has 2 rings (SSSR count). The van der Waals surface area contributed by atoms with Gasteiger partial charge in [0, 0.05) is 11.8 Å². The average Bonchev–Trinajstić information content (AvgIpc) is 2.50. The van der Waals surface area contributed by atoms with Crippen molar-refractivity contribution in [1.82, 2.24) is 0 Å². The van der Waals surface area contributed by atoms with Gasteiger partial charge in [0.05, 0.1) is 4.92 Å². The van der Waals surface area contributed by atoms with Gasteiger partial charge in [-0.25, -0.2) is 0 Å². The number of amides is 1. The maximum absolute atomic E-state index is 12.1. The van der Waals surface area contributed by atoms with Gasteiger partial charge in [-0.2, -0.15) is 0 Å². The molecule has 1 N–H and O–H groups in total. The maximum atomic E-state index is 12.1. The Labute approximate surface area is 140 Å². The van der Waals surface area contributed by atoms with E-state index in [-0.39, 0.29) is 24.0 Å². The van der Waals surface area contributed by atoms with Crippen LogP contribution in [0.15, 0.2) is 30.3 Å². The van der Waals surface area contributed by atoms with E-state index in [0.29, 0.717) is 11.3 Å². The molecule has 2 aromatic rings. The van der Waals surface area contributed by atoms with Crippen LogP contribution >= 0.6 is 0 Å². The molecule has 0 radical (unpaired) electrons. The van der Waals surface area contributed by atoms with Crippen molar-refractivity contribution < 1.29 is 14.5 Å². The van der Waals surface area contributed by atoms with Crippen molar-refractivity contribution in [3.8, 4) is 5.75 Å². The number of rotatable bonds is 5. The summed E-state index contributed by atoms with van der Waals surface area (Å²) in [5.41, 5.74) is 4.01. The number of benzene rings is 2. The summed E-state index contributed by atoms with van der Waals surface area (Å²) >= 11 is 0. The third-order valence-electron chi connectivity index (χ3n) is 3.82. The average molecular weight is 328 g/mol. The third kappa shape index (κ3) is 3.90. The summed E-state index contributed by atoms with van der Waals surface area (Å²) in [4.78, 5) is 22.8. The zero-order valence-corrected chi connectivity index (χ0v) is 14.2. The van der Waals surface area contributed by atoms with Gasteiger partial charge in [0.1, 0.15) is 0 Å². The standard InChI is InChI=1S/C18H20N2O4/c1-11-8-13(3)18(16(9-11)20(22)23)24-10-17(21)19-15-7-5-6-12(2)14(15)4/h5-9H,10H2,1-4H3,(H,19,21). The molecule has 0 heterocycles. The van der Waals surface area contributed by atoms with Crippen molar-refractivity contribution in [2.24, 2.45) is 0 Å². The summed E-state index contributed by atoms with van der Waals surface area (Å²) < 4.78 is 5.43. The van der Waals surface area contributed by atoms with E-state index in [1.807, 2.05) is 26.0 Å². The van der Waals surface area contributed by atoms with Gasteiger partial charge in [-0.3, -0.25) is 14.9 Å². The fraction of sp³-hybridized carbons (Fsp3) is 0.278. The van der Waals surface area contributed by atoms with Crippen molar-refractivity contribution in [2.45, 2.75) is 27.7 Å². The largest absolute Gasteiger partial charge is 0.477 e. The minimum Gasteiger partial charge on any atom is -0.477 e. The molecule has 0 atom stereocenters. The summed E-state index contributed by atoms with van der Waals surface area (Å²) in [5.74, 6) is -0.236. The fourth-order valence-corrected chi connectivity index (χ4v) is 2.47. The predicted octanol–water partition coefficient (Wildman–Crippen LogP) is 3.85. The summed E-state index contributed by atoms with van der Waals surface area (Å²) in [7, 11) is 0. The molecule has 6 heteroatoms. The second-order valence-electron chi connectivity index (χ2n) is 5.77. The molecule has 0 fully saturated rings. The minimum atomic E-state index is -0.502. The van der Waals surface area contributed by atoms with Gasteiger partial charge in [0.2, 0.25) is 5.75 Å². The van der Waals surface area contributed by atoms with Crippen LogP contribution in [0.5, 0.6) is 5.75 Å². The highest BCUT2D eigenvalue weighted by Gasteiger charge is 2.19. The number of carbonyl (C=O) groups excluding carboxylic acids is 1. The van der Waals surface area contributed by atoms with Crippen molar-refractivity contribution in [2.75, 3.05) is 11.9 Å². The predicted molar refractivity (Wildman–Crippen MR) is 92.6 cm³/mol. The van der Waals surface area contributed by atoms with Gasteiger partial charge in [0.25, 0.3) is 5.91 Å². The van der Waals surface area contributed by atoms with Gasteiger partial charge in [-0.05, 0) is 56.0 Å². The maximum Gasteiger partial charge on any atom is 0.311 e. The number of carbonyl (C=O) groups is 1. The number of hydrogen-bond acceptors (Lipinski definition) is 4. The lowest BCUT2D eigenvalue weighted by molar-refractivity contribution is -0.385. The van der Waals surface area contributed by atoms with Gasteiger partial charge < -0.3 is 10.1 Å². The Morgan fingerprint density at radius 2 is 1.88 bits per heavy atom. The van der Waals surface area contributed by atoms with Crippen LogP contribution in [-0.4, -0.2) is 17.4 Å². The molecule has 6 nitrogen and oxygen atoms in total. The minimum absolute atomic E-state index is 0.127. The number of hydrogen-bond donors (Lipinski definition) is 1. The Morgan fingerprint density at radius 1 is 1.17 bits per heavy atom. The van der Waals surface area contributed by atoms with E-state index in [9.17, 15) is 14.9 Å². The van der Waals surface area contributed by atoms with Crippen LogP contribution < -0.4 is 10.1 Å². The van der Waals surface area contributed by atoms with E-state index in [1.54, 1.807) is 26.0 Å². The van der Waals surface area contributed by atoms with Crippen LogP contribution in [0.25, 0.3) is 0 Å². The Kier molecular flexibility index (Phi) is 5.18. The molecule has 1 amide bonds. The molecule has 0 aliphatic heterocycles. The SMILES string of the molecule is Cc1cc(C)c(OCC(=O)Nc2cccc(C)c2C)c([N+](=O)[O-])c1. The Hall–Kier alpha value is -2.89. The molecule has 0 aromatic heterocycles. The van der Waals surface area contributed by atoms with E-state index < -0.39 is 4.92 Å². The molecule has 0 spiro atoms. The van der Waals surface area contributed by atoms with E-state index in [1.165, 1.54) is 6.07 Å². The molecule has 0 aliphatic carbocycles.